The Morgan fingerprint density at radius 3 is 2.41 bits per heavy atom. The molecule has 1 saturated carbocycles. The Labute approximate surface area is 202 Å². The molecule has 2 aromatic rings. The lowest BCUT2D eigenvalue weighted by molar-refractivity contribution is -0.126. The highest BCUT2D eigenvalue weighted by Crippen LogP contribution is 2.34. The van der Waals surface area contributed by atoms with Gasteiger partial charge in [0.1, 0.15) is 0 Å². The molecule has 8 heteroatoms. The van der Waals surface area contributed by atoms with E-state index in [4.69, 9.17) is 0 Å². The van der Waals surface area contributed by atoms with Crippen molar-refractivity contribution >= 4 is 27.5 Å². The highest BCUT2D eigenvalue weighted by atomic mass is 32.2. The first-order valence-corrected chi connectivity index (χ1v) is 13.5. The van der Waals surface area contributed by atoms with Gasteiger partial charge in [0, 0.05) is 37.7 Å². The zero-order valence-corrected chi connectivity index (χ0v) is 20.6. The molecule has 1 heterocycles. The molecule has 4 rings (SSSR count). The summed E-state index contributed by atoms with van der Waals surface area (Å²) in [5, 5.41) is 3.02. The van der Waals surface area contributed by atoms with Crippen molar-refractivity contribution < 1.29 is 18.0 Å². The number of anilines is 1. The van der Waals surface area contributed by atoms with Crippen LogP contribution in [-0.2, 0) is 32.6 Å². The van der Waals surface area contributed by atoms with Crippen LogP contribution < -0.4 is 14.9 Å². The van der Waals surface area contributed by atoms with E-state index in [0.29, 0.717) is 19.5 Å². The number of amides is 2. The van der Waals surface area contributed by atoms with Crippen molar-refractivity contribution in [3.05, 3.63) is 59.7 Å². The summed E-state index contributed by atoms with van der Waals surface area (Å²) in [7, 11) is -3.64. The summed E-state index contributed by atoms with van der Waals surface area (Å²) in [6, 6.07) is 14.9. The van der Waals surface area contributed by atoms with Gasteiger partial charge in [-0.3, -0.25) is 9.59 Å². The van der Waals surface area contributed by atoms with Crippen LogP contribution in [0.4, 0.5) is 5.69 Å². The van der Waals surface area contributed by atoms with Crippen LogP contribution in [0.2, 0.25) is 0 Å². The number of carbonyl (C=O) groups is 2. The molecule has 0 aromatic heterocycles. The van der Waals surface area contributed by atoms with Crippen molar-refractivity contribution in [1.29, 1.82) is 0 Å². The second-order valence-electron chi connectivity index (χ2n) is 9.51. The standard InChI is InChI=1S/C26H33N3O4S/c1-18-14-23-15-24(12-13-25(23)29(18)19(2)30)34(32,33)28-17-21-8-10-22(11-9-21)26(31)27-16-20-6-4-3-5-7-20/h3-7,12-13,15,18,21-22,28H,8-11,14,16-17H2,1-2H3,(H,27,31)/t18-,21?,22?/m0/s1. The van der Waals surface area contributed by atoms with Crippen LogP contribution in [0, 0.1) is 11.8 Å². The van der Waals surface area contributed by atoms with Gasteiger partial charge in [0.15, 0.2) is 0 Å². The molecule has 2 N–H and O–H groups in total. The molecule has 0 unspecified atom stereocenters. The first-order chi connectivity index (χ1) is 16.2. The molecule has 2 amide bonds. The van der Waals surface area contributed by atoms with E-state index in [0.717, 1.165) is 42.5 Å². The van der Waals surface area contributed by atoms with E-state index < -0.39 is 10.0 Å². The van der Waals surface area contributed by atoms with Gasteiger partial charge in [0.25, 0.3) is 0 Å². The third-order valence-corrected chi connectivity index (χ3v) is 8.43. The SMILES string of the molecule is CC(=O)N1c2ccc(S(=O)(=O)NCC3CCC(C(=O)NCc4ccccc4)CC3)cc2C[C@@H]1C. The minimum absolute atomic E-state index is 0.0144. The second kappa shape index (κ2) is 10.3. The summed E-state index contributed by atoms with van der Waals surface area (Å²) in [4.78, 5) is 26.4. The fourth-order valence-electron chi connectivity index (χ4n) is 5.12. The topological polar surface area (TPSA) is 95.6 Å². The van der Waals surface area contributed by atoms with Gasteiger partial charge in [-0.05, 0) is 74.3 Å². The van der Waals surface area contributed by atoms with E-state index in [1.807, 2.05) is 37.3 Å². The number of sulfonamides is 1. The summed E-state index contributed by atoms with van der Waals surface area (Å²) in [5.41, 5.74) is 2.75. The summed E-state index contributed by atoms with van der Waals surface area (Å²) in [6.07, 6.45) is 3.83. The van der Waals surface area contributed by atoms with E-state index >= 15 is 0 Å². The largest absolute Gasteiger partial charge is 0.352 e. The van der Waals surface area contributed by atoms with Crippen LogP contribution in [0.5, 0.6) is 0 Å². The molecule has 0 saturated heterocycles. The van der Waals surface area contributed by atoms with Gasteiger partial charge in [-0.2, -0.15) is 0 Å². The molecule has 1 aliphatic carbocycles. The van der Waals surface area contributed by atoms with Crippen molar-refractivity contribution in [2.45, 2.75) is 63.4 Å². The number of nitrogens with zero attached hydrogens (tertiary/aromatic N) is 1. The Morgan fingerprint density at radius 1 is 1.03 bits per heavy atom. The number of rotatable bonds is 7. The van der Waals surface area contributed by atoms with Crippen molar-refractivity contribution in [3.63, 3.8) is 0 Å². The van der Waals surface area contributed by atoms with Crippen molar-refractivity contribution in [2.24, 2.45) is 11.8 Å². The fraction of sp³-hybridized carbons (Fsp3) is 0.462. The Morgan fingerprint density at radius 2 is 1.74 bits per heavy atom. The molecule has 0 bridgehead atoms. The number of hydrogen-bond donors (Lipinski definition) is 2. The maximum Gasteiger partial charge on any atom is 0.240 e. The monoisotopic (exact) mass is 483 g/mol. The predicted octanol–water partition coefficient (Wildman–Crippen LogP) is 3.39. The first-order valence-electron chi connectivity index (χ1n) is 12.0. The minimum atomic E-state index is -3.64. The molecule has 1 atom stereocenters. The van der Waals surface area contributed by atoms with E-state index in [1.54, 1.807) is 23.1 Å². The number of hydrogen-bond acceptors (Lipinski definition) is 4. The zero-order chi connectivity index (χ0) is 24.3. The van der Waals surface area contributed by atoms with E-state index in [2.05, 4.69) is 10.0 Å². The Balaban J connectivity index is 1.27. The van der Waals surface area contributed by atoms with Crippen LogP contribution in [0.3, 0.4) is 0 Å². The summed E-state index contributed by atoms with van der Waals surface area (Å²) >= 11 is 0. The van der Waals surface area contributed by atoms with Gasteiger partial charge in [-0.15, -0.1) is 0 Å². The normalized spacial score (nSPS) is 22.3. The maximum absolute atomic E-state index is 12.9. The van der Waals surface area contributed by atoms with Crippen molar-refractivity contribution in [2.75, 3.05) is 11.4 Å². The highest BCUT2D eigenvalue weighted by Gasteiger charge is 2.31. The minimum Gasteiger partial charge on any atom is -0.352 e. The van der Waals surface area contributed by atoms with Gasteiger partial charge in [-0.25, -0.2) is 13.1 Å². The van der Waals surface area contributed by atoms with Gasteiger partial charge in [0.05, 0.1) is 4.90 Å². The van der Waals surface area contributed by atoms with Crippen LogP contribution in [0.15, 0.2) is 53.4 Å². The lowest BCUT2D eigenvalue weighted by Gasteiger charge is -2.28. The lowest BCUT2D eigenvalue weighted by Crippen LogP contribution is -2.36. The predicted molar refractivity (Wildman–Crippen MR) is 132 cm³/mol. The smallest absolute Gasteiger partial charge is 0.240 e. The number of nitrogens with one attached hydrogen (secondary N) is 2. The van der Waals surface area contributed by atoms with Crippen LogP contribution in [0.25, 0.3) is 0 Å². The zero-order valence-electron chi connectivity index (χ0n) is 19.8. The highest BCUT2D eigenvalue weighted by molar-refractivity contribution is 7.89. The third kappa shape index (κ3) is 5.50. The number of carbonyl (C=O) groups excluding carboxylic acids is 2. The van der Waals surface area contributed by atoms with Crippen LogP contribution in [0.1, 0.15) is 50.7 Å². The molecule has 2 aliphatic rings. The molecule has 1 fully saturated rings. The van der Waals surface area contributed by atoms with E-state index in [9.17, 15) is 18.0 Å². The van der Waals surface area contributed by atoms with Gasteiger partial charge in [-0.1, -0.05) is 30.3 Å². The number of benzene rings is 2. The molecule has 1 aliphatic heterocycles. The quantitative estimate of drug-likeness (QED) is 0.631. The Hall–Kier alpha value is -2.71. The average Bonchev–Trinajstić information content (AvgIpc) is 3.17. The first kappa shape index (κ1) is 24.4. The Bertz CT molecular complexity index is 1140. The average molecular weight is 484 g/mol. The Kier molecular flexibility index (Phi) is 7.38. The van der Waals surface area contributed by atoms with Gasteiger partial charge < -0.3 is 10.2 Å². The molecule has 182 valence electrons. The molecule has 2 aromatic carbocycles. The van der Waals surface area contributed by atoms with Gasteiger partial charge >= 0.3 is 0 Å². The summed E-state index contributed by atoms with van der Waals surface area (Å²) in [5.74, 6) is 0.245. The van der Waals surface area contributed by atoms with E-state index in [1.165, 1.54) is 6.92 Å². The van der Waals surface area contributed by atoms with Crippen LogP contribution in [-0.4, -0.2) is 32.8 Å². The van der Waals surface area contributed by atoms with Gasteiger partial charge in [0.2, 0.25) is 21.8 Å². The molecular weight excluding hydrogens is 450 g/mol. The molecule has 0 radical (unpaired) electrons. The van der Waals surface area contributed by atoms with E-state index in [-0.39, 0.29) is 34.6 Å². The molecular formula is C26H33N3O4S. The third-order valence-electron chi connectivity index (χ3n) is 7.01. The molecule has 34 heavy (non-hydrogen) atoms. The van der Waals surface area contributed by atoms with Crippen molar-refractivity contribution in [3.8, 4) is 0 Å². The summed E-state index contributed by atoms with van der Waals surface area (Å²) < 4.78 is 28.6. The molecule has 7 nitrogen and oxygen atoms in total. The summed E-state index contributed by atoms with van der Waals surface area (Å²) in [6.45, 7) is 4.39. The molecule has 0 spiro atoms. The fourth-order valence-corrected chi connectivity index (χ4v) is 6.29. The van der Waals surface area contributed by atoms with Crippen molar-refractivity contribution in [1.82, 2.24) is 10.0 Å². The second-order valence-corrected chi connectivity index (χ2v) is 11.3. The van der Waals surface area contributed by atoms with Crippen LogP contribution >= 0.6 is 0 Å². The maximum atomic E-state index is 12.9. The lowest BCUT2D eigenvalue weighted by atomic mass is 9.81. The number of fused-ring (bicyclic) bond motifs is 1.